The molecule has 0 unspecified atom stereocenters. The quantitative estimate of drug-likeness (QED) is 0.432. The molecule has 3 heterocycles. The monoisotopic (exact) mass is 516 g/mol. The maximum Gasteiger partial charge on any atom is 0.225 e. The Kier molecular flexibility index (Phi) is 7.03. The Balaban J connectivity index is 1.26. The van der Waals surface area contributed by atoms with Crippen molar-refractivity contribution in [2.45, 2.75) is 31.7 Å². The highest BCUT2D eigenvalue weighted by molar-refractivity contribution is 6.39. The molecule has 2 aliphatic rings. The molecule has 10 nitrogen and oxygen atoms in total. The zero-order valence-corrected chi connectivity index (χ0v) is 20.5. The predicted molar refractivity (Wildman–Crippen MR) is 136 cm³/mol. The third kappa shape index (κ3) is 5.34. The van der Waals surface area contributed by atoms with Gasteiger partial charge in [0.25, 0.3) is 0 Å². The summed E-state index contributed by atoms with van der Waals surface area (Å²) in [6, 6.07) is 3.54. The number of halogens is 2. The van der Waals surface area contributed by atoms with E-state index in [-0.39, 0.29) is 17.9 Å². The van der Waals surface area contributed by atoms with Gasteiger partial charge in [-0.05, 0) is 37.8 Å². The van der Waals surface area contributed by atoms with E-state index >= 15 is 0 Å². The minimum Gasteiger partial charge on any atom is -0.396 e. The zero-order chi connectivity index (χ0) is 24.4. The third-order valence-corrected chi connectivity index (χ3v) is 7.08. The molecule has 2 fully saturated rings. The molecule has 35 heavy (non-hydrogen) atoms. The van der Waals surface area contributed by atoms with Gasteiger partial charge in [0.2, 0.25) is 11.9 Å². The molecule has 4 N–H and O–H groups in total. The maximum absolute atomic E-state index is 12.8. The van der Waals surface area contributed by atoms with E-state index in [4.69, 9.17) is 33.7 Å². The molecule has 12 heteroatoms. The lowest BCUT2D eigenvalue weighted by molar-refractivity contribution is -0.140. The Morgan fingerprint density at radius 2 is 1.77 bits per heavy atom. The van der Waals surface area contributed by atoms with Gasteiger partial charge in [-0.2, -0.15) is 0 Å². The van der Waals surface area contributed by atoms with Crippen LogP contribution < -0.4 is 16.4 Å². The van der Waals surface area contributed by atoms with Gasteiger partial charge in [-0.25, -0.2) is 19.9 Å². The minimum atomic E-state index is 0.0754. The number of hydrogen-bond acceptors (Lipinski definition) is 9. The zero-order valence-electron chi connectivity index (χ0n) is 19.0. The fourth-order valence-corrected chi connectivity index (χ4v) is 5.00. The summed E-state index contributed by atoms with van der Waals surface area (Å²) in [5.74, 6) is 1.32. The van der Waals surface area contributed by atoms with Crippen LogP contribution in [-0.2, 0) is 9.53 Å². The molecule has 1 aromatic carbocycles. The normalized spacial score (nSPS) is 20.6. The van der Waals surface area contributed by atoms with Gasteiger partial charge in [0.15, 0.2) is 5.82 Å². The van der Waals surface area contributed by atoms with Gasteiger partial charge in [-0.1, -0.05) is 23.2 Å². The average molecular weight is 517 g/mol. The molecule has 2 aromatic heterocycles. The number of nitrogen functional groups attached to an aromatic ring is 1. The van der Waals surface area contributed by atoms with Crippen molar-refractivity contribution in [2.75, 3.05) is 42.7 Å². The second-order valence-corrected chi connectivity index (χ2v) is 9.57. The summed E-state index contributed by atoms with van der Waals surface area (Å²) in [6.45, 7) is 2.63. The smallest absolute Gasteiger partial charge is 0.225 e. The number of benzene rings is 1. The fraction of sp³-hybridized carbons (Fsp3) is 0.435. The highest BCUT2D eigenvalue weighted by atomic mass is 35.5. The molecule has 1 saturated heterocycles. The lowest BCUT2D eigenvalue weighted by Gasteiger charge is -2.34. The van der Waals surface area contributed by atoms with E-state index in [1.54, 1.807) is 18.3 Å². The third-order valence-electron chi connectivity index (χ3n) is 6.45. The number of carbonyl (C=O) groups excluding carboxylic acids is 1. The van der Waals surface area contributed by atoms with E-state index < -0.39 is 0 Å². The first-order chi connectivity index (χ1) is 17.0. The first-order valence-corrected chi connectivity index (χ1v) is 12.4. The van der Waals surface area contributed by atoms with E-state index in [1.165, 1.54) is 6.33 Å². The van der Waals surface area contributed by atoms with Crippen LogP contribution in [0.25, 0.3) is 11.0 Å². The van der Waals surface area contributed by atoms with E-state index in [2.05, 4.69) is 30.6 Å². The standard InChI is InChI=1S/C23H26Cl2N8O2/c24-16-9-15(10-17(25)19(16)26)30-21-20-18(28-12-29-21)11-27-23(32-20)31-14-3-1-13(2-4-14)22(34)33-5-7-35-8-6-33/h9-14H,1-8,26H2,(H,27,31,32)(H,28,29,30). The number of hydrogen-bond donors (Lipinski definition) is 3. The number of nitrogens with two attached hydrogens (primary N) is 1. The Morgan fingerprint density at radius 3 is 2.49 bits per heavy atom. The number of carbonyl (C=O) groups is 1. The number of nitrogens with one attached hydrogen (secondary N) is 2. The first kappa shape index (κ1) is 23.8. The molecular formula is C23H26Cl2N8O2. The molecule has 3 aromatic rings. The number of rotatable bonds is 5. The summed E-state index contributed by atoms with van der Waals surface area (Å²) in [4.78, 5) is 32.4. The topological polar surface area (TPSA) is 131 Å². The number of fused-ring (bicyclic) bond motifs is 1. The number of amides is 1. The van der Waals surface area contributed by atoms with Gasteiger partial charge in [-0.3, -0.25) is 4.79 Å². The molecule has 1 saturated carbocycles. The highest BCUT2D eigenvalue weighted by Gasteiger charge is 2.30. The number of anilines is 4. The van der Waals surface area contributed by atoms with Crippen molar-refractivity contribution in [3.63, 3.8) is 0 Å². The summed E-state index contributed by atoms with van der Waals surface area (Å²) in [5, 5.41) is 7.30. The van der Waals surface area contributed by atoms with Crippen molar-refractivity contribution in [3.05, 3.63) is 34.7 Å². The van der Waals surface area contributed by atoms with Gasteiger partial charge in [0.1, 0.15) is 17.4 Å². The largest absolute Gasteiger partial charge is 0.396 e. The fourth-order valence-electron chi connectivity index (χ4n) is 4.52. The van der Waals surface area contributed by atoms with E-state index in [9.17, 15) is 4.79 Å². The number of ether oxygens (including phenoxy) is 1. The molecule has 1 aliphatic heterocycles. The molecule has 0 radical (unpaired) electrons. The van der Waals surface area contributed by atoms with Crippen LogP contribution >= 0.6 is 23.2 Å². The van der Waals surface area contributed by atoms with Crippen LogP contribution in [0.3, 0.4) is 0 Å². The predicted octanol–water partition coefficient (Wildman–Crippen LogP) is 3.88. The van der Waals surface area contributed by atoms with Crippen molar-refractivity contribution >= 4 is 63.3 Å². The van der Waals surface area contributed by atoms with Crippen molar-refractivity contribution in [3.8, 4) is 0 Å². The molecular weight excluding hydrogens is 491 g/mol. The van der Waals surface area contributed by atoms with Gasteiger partial charge in [0, 0.05) is 30.7 Å². The maximum atomic E-state index is 12.8. The van der Waals surface area contributed by atoms with Crippen LogP contribution in [0.5, 0.6) is 0 Å². The van der Waals surface area contributed by atoms with Gasteiger partial charge in [0.05, 0.1) is 35.1 Å². The average Bonchev–Trinajstić information content (AvgIpc) is 2.88. The summed E-state index contributed by atoms with van der Waals surface area (Å²) in [7, 11) is 0. The first-order valence-electron chi connectivity index (χ1n) is 11.6. The SMILES string of the molecule is Nc1c(Cl)cc(Nc2ncnc3cnc(NC4CCC(C(=O)N5CCOCC5)CC4)nc23)cc1Cl. The van der Waals surface area contributed by atoms with Gasteiger partial charge in [-0.15, -0.1) is 0 Å². The van der Waals surface area contributed by atoms with E-state index in [0.717, 1.165) is 25.7 Å². The second-order valence-electron chi connectivity index (χ2n) is 8.76. The molecule has 0 bridgehead atoms. The van der Waals surface area contributed by atoms with Crippen molar-refractivity contribution < 1.29 is 9.53 Å². The van der Waals surface area contributed by atoms with E-state index in [1.807, 2.05) is 4.90 Å². The van der Waals surface area contributed by atoms with Gasteiger partial charge < -0.3 is 26.0 Å². The lowest BCUT2D eigenvalue weighted by atomic mass is 9.85. The number of aromatic nitrogens is 4. The van der Waals surface area contributed by atoms with Crippen LogP contribution in [0.15, 0.2) is 24.7 Å². The molecule has 184 valence electrons. The Hall–Kier alpha value is -2.95. The van der Waals surface area contributed by atoms with Crippen LogP contribution in [0.2, 0.25) is 10.0 Å². The van der Waals surface area contributed by atoms with Crippen LogP contribution in [0.4, 0.5) is 23.1 Å². The van der Waals surface area contributed by atoms with Crippen LogP contribution in [0.1, 0.15) is 25.7 Å². The number of nitrogens with zero attached hydrogens (tertiary/aromatic N) is 5. The summed E-state index contributed by atoms with van der Waals surface area (Å²) in [6.07, 6.45) is 6.54. The Labute approximate surface area is 212 Å². The second kappa shape index (κ2) is 10.3. The van der Waals surface area contributed by atoms with Crippen molar-refractivity contribution in [1.29, 1.82) is 0 Å². The number of morpholine rings is 1. The van der Waals surface area contributed by atoms with Crippen molar-refractivity contribution in [2.24, 2.45) is 5.92 Å². The Bertz CT molecular complexity index is 1210. The van der Waals surface area contributed by atoms with Crippen LogP contribution in [0, 0.1) is 5.92 Å². The molecule has 0 spiro atoms. The van der Waals surface area contributed by atoms with E-state index in [0.29, 0.717) is 70.5 Å². The van der Waals surface area contributed by atoms with Crippen molar-refractivity contribution in [1.82, 2.24) is 24.8 Å². The Morgan fingerprint density at radius 1 is 1.06 bits per heavy atom. The molecule has 0 atom stereocenters. The molecule has 1 amide bonds. The minimum absolute atomic E-state index is 0.0754. The van der Waals surface area contributed by atoms with Crippen LogP contribution in [-0.4, -0.2) is 63.1 Å². The summed E-state index contributed by atoms with van der Waals surface area (Å²) in [5.41, 5.74) is 7.94. The summed E-state index contributed by atoms with van der Waals surface area (Å²) >= 11 is 12.3. The summed E-state index contributed by atoms with van der Waals surface area (Å²) < 4.78 is 5.36. The van der Waals surface area contributed by atoms with Gasteiger partial charge >= 0.3 is 0 Å². The molecule has 5 rings (SSSR count). The highest BCUT2D eigenvalue weighted by Crippen LogP contribution is 2.33. The molecule has 1 aliphatic carbocycles. The lowest BCUT2D eigenvalue weighted by Crippen LogP contribution is -2.45.